The Labute approximate surface area is 111 Å². The number of carbonyl (C=O) groups is 1. The molecule has 0 N–H and O–H groups in total. The molecule has 1 aliphatic carbocycles. The maximum absolute atomic E-state index is 11.8. The van der Waals surface area contributed by atoms with E-state index in [1.54, 1.807) is 7.11 Å². The van der Waals surface area contributed by atoms with Crippen LogP contribution in [0.15, 0.2) is 0 Å². The molecule has 0 aromatic heterocycles. The van der Waals surface area contributed by atoms with Gasteiger partial charge in [0.2, 0.25) is 0 Å². The zero-order valence-electron chi connectivity index (χ0n) is 12.0. The topological polar surface area (TPSA) is 35.5 Å². The van der Waals surface area contributed by atoms with E-state index in [1.165, 1.54) is 25.7 Å². The van der Waals surface area contributed by atoms with Gasteiger partial charge >= 0.3 is 5.97 Å². The Balaban J connectivity index is 2.03. The fourth-order valence-corrected chi connectivity index (χ4v) is 2.53. The molecule has 0 spiro atoms. The average Bonchev–Trinajstić information content (AvgIpc) is 2.42. The molecule has 0 amide bonds. The first-order valence-corrected chi connectivity index (χ1v) is 7.47. The van der Waals surface area contributed by atoms with E-state index >= 15 is 0 Å². The van der Waals surface area contributed by atoms with Crippen LogP contribution < -0.4 is 0 Å². The van der Waals surface area contributed by atoms with Gasteiger partial charge in [0, 0.05) is 7.11 Å². The van der Waals surface area contributed by atoms with E-state index in [2.05, 4.69) is 6.92 Å². The largest absolute Gasteiger partial charge is 0.465 e. The van der Waals surface area contributed by atoms with Gasteiger partial charge in [0.1, 0.15) is 0 Å². The molecule has 0 unspecified atom stereocenters. The molecule has 0 aromatic rings. The summed E-state index contributed by atoms with van der Waals surface area (Å²) in [6.45, 7) is 2.81. The lowest BCUT2D eigenvalue weighted by atomic mass is 9.87. The Morgan fingerprint density at radius 2 is 1.72 bits per heavy atom. The number of carbonyl (C=O) groups excluding carboxylic acids is 1. The smallest absolute Gasteiger partial charge is 0.308 e. The number of esters is 1. The summed E-state index contributed by atoms with van der Waals surface area (Å²) in [7, 11) is 1.75. The van der Waals surface area contributed by atoms with Crippen molar-refractivity contribution in [3.8, 4) is 0 Å². The summed E-state index contributed by atoms with van der Waals surface area (Å²) in [6.07, 6.45) is 10.2. The predicted molar refractivity (Wildman–Crippen MR) is 72.5 cm³/mol. The van der Waals surface area contributed by atoms with Crippen LogP contribution in [-0.2, 0) is 14.3 Å². The number of unbranched alkanes of at least 4 members (excludes halogenated alkanes) is 4. The second kappa shape index (κ2) is 9.37. The Morgan fingerprint density at radius 1 is 1.06 bits per heavy atom. The van der Waals surface area contributed by atoms with Crippen LogP contribution in [0.2, 0.25) is 0 Å². The quantitative estimate of drug-likeness (QED) is 0.490. The lowest BCUT2D eigenvalue weighted by Crippen LogP contribution is -2.27. The van der Waals surface area contributed by atoms with Crippen LogP contribution in [0.5, 0.6) is 0 Å². The maximum Gasteiger partial charge on any atom is 0.308 e. The molecule has 1 fully saturated rings. The van der Waals surface area contributed by atoms with Crippen molar-refractivity contribution in [3.05, 3.63) is 0 Å². The Hall–Kier alpha value is -0.570. The van der Waals surface area contributed by atoms with Crippen molar-refractivity contribution in [2.75, 3.05) is 13.7 Å². The molecule has 0 atom stereocenters. The van der Waals surface area contributed by atoms with Crippen molar-refractivity contribution in [2.24, 2.45) is 5.92 Å². The summed E-state index contributed by atoms with van der Waals surface area (Å²) >= 11 is 0. The highest BCUT2D eigenvalue weighted by molar-refractivity contribution is 5.72. The molecule has 0 aromatic carbocycles. The molecule has 3 heteroatoms. The minimum absolute atomic E-state index is 0.0139. The molecule has 18 heavy (non-hydrogen) atoms. The molecule has 3 nitrogen and oxygen atoms in total. The van der Waals surface area contributed by atoms with Gasteiger partial charge in [-0.3, -0.25) is 4.79 Å². The molecule has 0 bridgehead atoms. The van der Waals surface area contributed by atoms with E-state index in [9.17, 15) is 4.79 Å². The molecule has 0 aliphatic heterocycles. The number of hydrogen-bond donors (Lipinski definition) is 0. The predicted octanol–water partition coefficient (Wildman–Crippen LogP) is 3.71. The van der Waals surface area contributed by atoms with Gasteiger partial charge < -0.3 is 9.47 Å². The zero-order chi connectivity index (χ0) is 13.2. The SMILES string of the molecule is CCCCCCCOC(=O)C1CCC(OC)CC1. The zero-order valence-corrected chi connectivity index (χ0v) is 12.0. The van der Waals surface area contributed by atoms with E-state index in [4.69, 9.17) is 9.47 Å². The third-order valence-electron chi connectivity index (χ3n) is 3.83. The molecule has 1 rings (SSSR count). The van der Waals surface area contributed by atoms with Crippen molar-refractivity contribution >= 4 is 5.97 Å². The van der Waals surface area contributed by atoms with Crippen LogP contribution in [-0.4, -0.2) is 25.8 Å². The molecule has 0 heterocycles. The van der Waals surface area contributed by atoms with Gasteiger partial charge in [0.05, 0.1) is 18.6 Å². The van der Waals surface area contributed by atoms with Gasteiger partial charge in [-0.05, 0) is 32.1 Å². The van der Waals surface area contributed by atoms with Crippen molar-refractivity contribution in [3.63, 3.8) is 0 Å². The van der Waals surface area contributed by atoms with Crippen molar-refractivity contribution in [1.29, 1.82) is 0 Å². The van der Waals surface area contributed by atoms with Gasteiger partial charge in [-0.25, -0.2) is 0 Å². The van der Waals surface area contributed by atoms with E-state index in [0.717, 1.165) is 32.1 Å². The van der Waals surface area contributed by atoms with Crippen LogP contribution in [0.1, 0.15) is 64.7 Å². The van der Waals surface area contributed by atoms with Crippen LogP contribution in [0.3, 0.4) is 0 Å². The molecular formula is C15H28O3. The van der Waals surface area contributed by atoms with Gasteiger partial charge in [0.25, 0.3) is 0 Å². The molecule has 1 saturated carbocycles. The molecule has 0 saturated heterocycles. The Morgan fingerprint density at radius 3 is 2.33 bits per heavy atom. The first kappa shape index (κ1) is 15.5. The summed E-state index contributed by atoms with van der Waals surface area (Å²) in [5.41, 5.74) is 0. The highest BCUT2D eigenvalue weighted by atomic mass is 16.5. The van der Waals surface area contributed by atoms with Gasteiger partial charge in [0.15, 0.2) is 0 Å². The molecule has 1 aliphatic rings. The van der Waals surface area contributed by atoms with Crippen LogP contribution in [0, 0.1) is 5.92 Å². The monoisotopic (exact) mass is 256 g/mol. The second-order valence-electron chi connectivity index (χ2n) is 5.29. The number of hydrogen-bond acceptors (Lipinski definition) is 3. The number of ether oxygens (including phenoxy) is 2. The highest BCUT2D eigenvalue weighted by Crippen LogP contribution is 2.26. The van der Waals surface area contributed by atoms with E-state index in [-0.39, 0.29) is 11.9 Å². The van der Waals surface area contributed by atoms with E-state index in [0.29, 0.717) is 12.7 Å². The van der Waals surface area contributed by atoms with E-state index in [1.807, 2.05) is 0 Å². The lowest BCUT2D eigenvalue weighted by molar-refractivity contribution is -0.150. The summed E-state index contributed by atoms with van der Waals surface area (Å²) in [4.78, 5) is 11.8. The standard InChI is InChI=1S/C15H28O3/c1-3-4-5-6-7-12-18-15(16)13-8-10-14(17-2)11-9-13/h13-14H,3-12H2,1-2H3. The Kier molecular flexibility index (Phi) is 8.06. The fourth-order valence-electron chi connectivity index (χ4n) is 2.53. The summed E-state index contributed by atoms with van der Waals surface area (Å²) in [5, 5.41) is 0. The molecule has 106 valence electrons. The lowest BCUT2D eigenvalue weighted by Gasteiger charge is -2.26. The summed E-state index contributed by atoms with van der Waals surface area (Å²) in [5.74, 6) is 0.132. The third-order valence-corrected chi connectivity index (χ3v) is 3.83. The van der Waals surface area contributed by atoms with Crippen molar-refractivity contribution in [1.82, 2.24) is 0 Å². The maximum atomic E-state index is 11.8. The third kappa shape index (κ3) is 5.85. The van der Waals surface area contributed by atoms with Crippen LogP contribution in [0.4, 0.5) is 0 Å². The minimum atomic E-state index is 0.0139. The Bertz CT molecular complexity index is 220. The van der Waals surface area contributed by atoms with Crippen LogP contribution >= 0.6 is 0 Å². The number of rotatable bonds is 8. The molecular weight excluding hydrogens is 228 g/mol. The average molecular weight is 256 g/mol. The van der Waals surface area contributed by atoms with Crippen LogP contribution in [0.25, 0.3) is 0 Å². The summed E-state index contributed by atoms with van der Waals surface area (Å²) in [6, 6.07) is 0. The van der Waals surface area contributed by atoms with Gasteiger partial charge in [-0.1, -0.05) is 32.6 Å². The fraction of sp³-hybridized carbons (Fsp3) is 0.933. The van der Waals surface area contributed by atoms with Gasteiger partial charge in [-0.15, -0.1) is 0 Å². The second-order valence-corrected chi connectivity index (χ2v) is 5.29. The first-order chi connectivity index (χ1) is 8.77. The highest BCUT2D eigenvalue weighted by Gasteiger charge is 2.27. The molecule has 0 radical (unpaired) electrons. The van der Waals surface area contributed by atoms with Crippen molar-refractivity contribution < 1.29 is 14.3 Å². The first-order valence-electron chi connectivity index (χ1n) is 7.47. The van der Waals surface area contributed by atoms with Crippen molar-refractivity contribution in [2.45, 2.75) is 70.8 Å². The van der Waals surface area contributed by atoms with Gasteiger partial charge in [-0.2, -0.15) is 0 Å². The normalized spacial score (nSPS) is 23.9. The minimum Gasteiger partial charge on any atom is -0.465 e. The van der Waals surface area contributed by atoms with E-state index < -0.39 is 0 Å². The number of methoxy groups -OCH3 is 1. The summed E-state index contributed by atoms with van der Waals surface area (Å²) < 4.78 is 10.7.